The minimum Gasteiger partial charge on any atom is -0.493 e. The molecule has 2 rings (SSSR count). The molecule has 1 saturated carbocycles. The van der Waals surface area contributed by atoms with Crippen LogP contribution in [0.5, 0.6) is 5.75 Å². The van der Waals surface area contributed by atoms with Gasteiger partial charge in [0.1, 0.15) is 11.6 Å². The molecule has 1 aliphatic rings. The molecule has 0 unspecified atom stereocenters. The Morgan fingerprint density at radius 3 is 2.94 bits per heavy atom. The van der Waals surface area contributed by atoms with Crippen molar-refractivity contribution < 1.29 is 9.13 Å². The van der Waals surface area contributed by atoms with E-state index in [0.29, 0.717) is 11.8 Å². The summed E-state index contributed by atoms with van der Waals surface area (Å²) in [4.78, 5) is 0. The van der Waals surface area contributed by atoms with Crippen LogP contribution in [0.4, 0.5) is 4.39 Å². The van der Waals surface area contributed by atoms with Crippen molar-refractivity contribution in [1.82, 2.24) is 0 Å². The monoisotopic (exact) mass is 254 g/mol. The number of allylic oxidation sites excluding steroid dienone is 1. The van der Waals surface area contributed by atoms with E-state index < -0.39 is 0 Å². The van der Waals surface area contributed by atoms with Crippen LogP contribution in [0.1, 0.15) is 24.8 Å². The molecule has 1 aliphatic carbocycles. The number of benzene rings is 1. The largest absolute Gasteiger partial charge is 0.493 e. The number of rotatable bonds is 6. The third-order valence-corrected chi connectivity index (χ3v) is 2.93. The van der Waals surface area contributed by atoms with Crippen molar-refractivity contribution in [3.8, 4) is 5.75 Å². The van der Waals surface area contributed by atoms with E-state index in [-0.39, 0.29) is 5.82 Å². The van der Waals surface area contributed by atoms with Gasteiger partial charge in [0.05, 0.1) is 6.61 Å². The molecule has 0 atom stereocenters. The summed E-state index contributed by atoms with van der Waals surface area (Å²) in [5, 5.41) is 0. The predicted octanol–water partition coefficient (Wildman–Crippen LogP) is 4.26. The van der Waals surface area contributed by atoms with Gasteiger partial charge in [-0.2, -0.15) is 0 Å². The Hall–Kier alpha value is -1.02. The van der Waals surface area contributed by atoms with Crippen molar-refractivity contribution in [3.05, 3.63) is 35.7 Å². The first-order valence-electron chi connectivity index (χ1n) is 5.94. The number of alkyl halides is 1. The van der Waals surface area contributed by atoms with Gasteiger partial charge in [0.2, 0.25) is 0 Å². The van der Waals surface area contributed by atoms with Gasteiger partial charge < -0.3 is 4.74 Å². The van der Waals surface area contributed by atoms with E-state index in [1.165, 1.54) is 25.0 Å². The van der Waals surface area contributed by atoms with Crippen molar-refractivity contribution in [2.75, 3.05) is 12.5 Å². The molecule has 1 fully saturated rings. The highest BCUT2D eigenvalue weighted by Gasteiger charge is 2.22. The van der Waals surface area contributed by atoms with Gasteiger partial charge in [0.15, 0.2) is 0 Å². The molecule has 3 heteroatoms. The van der Waals surface area contributed by atoms with Crippen LogP contribution >= 0.6 is 11.6 Å². The lowest BCUT2D eigenvalue weighted by Crippen LogP contribution is -2.00. The van der Waals surface area contributed by atoms with Crippen LogP contribution in [0.2, 0.25) is 0 Å². The molecular formula is C14H16ClFO. The second-order valence-electron chi connectivity index (χ2n) is 4.32. The van der Waals surface area contributed by atoms with Crippen LogP contribution in [0, 0.1) is 11.7 Å². The van der Waals surface area contributed by atoms with E-state index in [1.807, 2.05) is 12.2 Å². The van der Waals surface area contributed by atoms with Crippen LogP contribution in [0.15, 0.2) is 24.3 Å². The van der Waals surface area contributed by atoms with E-state index in [4.69, 9.17) is 16.3 Å². The molecule has 0 aromatic heterocycles. The van der Waals surface area contributed by atoms with Gasteiger partial charge >= 0.3 is 0 Å². The van der Waals surface area contributed by atoms with Gasteiger partial charge in [-0.25, -0.2) is 4.39 Å². The van der Waals surface area contributed by atoms with Gasteiger partial charge in [-0.3, -0.25) is 0 Å². The number of halogens is 2. The van der Waals surface area contributed by atoms with E-state index in [2.05, 4.69) is 0 Å². The van der Waals surface area contributed by atoms with Gasteiger partial charge in [-0.1, -0.05) is 12.2 Å². The highest BCUT2D eigenvalue weighted by Crippen LogP contribution is 2.30. The van der Waals surface area contributed by atoms with Crippen molar-refractivity contribution >= 4 is 17.7 Å². The molecule has 17 heavy (non-hydrogen) atoms. The second-order valence-corrected chi connectivity index (χ2v) is 4.69. The third kappa shape index (κ3) is 4.04. The van der Waals surface area contributed by atoms with Crippen molar-refractivity contribution in [2.45, 2.75) is 19.3 Å². The fourth-order valence-electron chi connectivity index (χ4n) is 1.55. The van der Waals surface area contributed by atoms with Crippen LogP contribution in [-0.4, -0.2) is 12.5 Å². The maximum absolute atomic E-state index is 13.2. The Morgan fingerprint density at radius 2 is 2.24 bits per heavy atom. The molecule has 0 heterocycles. The summed E-state index contributed by atoms with van der Waals surface area (Å²) in [6, 6.07) is 4.62. The van der Waals surface area contributed by atoms with E-state index in [9.17, 15) is 4.39 Å². The normalized spacial score (nSPS) is 15.4. The lowest BCUT2D eigenvalue weighted by molar-refractivity contribution is 0.298. The predicted molar refractivity (Wildman–Crippen MR) is 69.0 cm³/mol. The number of hydrogen-bond acceptors (Lipinski definition) is 1. The highest BCUT2D eigenvalue weighted by molar-refractivity contribution is 6.17. The standard InChI is InChI=1S/C14H16ClFO/c15-8-2-1-3-12-9-13(16)6-7-14(12)17-10-11-4-5-11/h1,3,6-7,9,11H,2,4-5,8,10H2. The van der Waals surface area contributed by atoms with Gasteiger partial charge in [0.25, 0.3) is 0 Å². The Balaban J connectivity index is 2.05. The van der Waals surface area contributed by atoms with Gasteiger partial charge in [-0.15, -0.1) is 11.6 Å². The van der Waals surface area contributed by atoms with Crippen molar-refractivity contribution in [3.63, 3.8) is 0 Å². The fourth-order valence-corrected chi connectivity index (χ4v) is 1.67. The smallest absolute Gasteiger partial charge is 0.126 e. The summed E-state index contributed by atoms with van der Waals surface area (Å²) in [6.45, 7) is 0.738. The maximum Gasteiger partial charge on any atom is 0.126 e. The van der Waals surface area contributed by atoms with Crippen molar-refractivity contribution in [1.29, 1.82) is 0 Å². The highest BCUT2D eigenvalue weighted by atomic mass is 35.5. The average Bonchev–Trinajstić information content (AvgIpc) is 3.12. The van der Waals surface area contributed by atoms with Crippen LogP contribution < -0.4 is 4.74 Å². The molecule has 92 valence electrons. The van der Waals surface area contributed by atoms with E-state index in [0.717, 1.165) is 24.3 Å². The molecule has 0 aliphatic heterocycles. The number of hydrogen-bond donors (Lipinski definition) is 0. The molecule has 0 amide bonds. The molecule has 0 bridgehead atoms. The second kappa shape index (κ2) is 6.06. The zero-order chi connectivity index (χ0) is 12.1. The Labute approximate surface area is 106 Å². The Morgan fingerprint density at radius 1 is 1.41 bits per heavy atom. The molecule has 0 N–H and O–H groups in total. The first-order chi connectivity index (χ1) is 8.29. The Bertz CT molecular complexity index is 399. The molecule has 0 radical (unpaired) electrons. The molecule has 1 aromatic rings. The molecular weight excluding hydrogens is 239 g/mol. The molecule has 0 saturated heterocycles. The van der Waals surface area contributed by atoms with E-state index >= 15 is 0 Å². The first kappa shape index (κ1) is 12.4. The van der Waals surface area contributed by atoms with Crippen LogP contribution in [-0.2, 0) is 0 Å². The topological polar surface area (TPSA) is 9.23 Å². The fraction of sp³-hybridized carbons (Fsp3) is 0.429. The average molecular weight is 255 g/mol. The zero-order valence-electron chi connectivity index (χ0n) is 9.66. The zero-order valence-corrected chi connectivity index (χ0v) is 10.4. The van der Waals surface area contributed by atoms with E-state index in [1.54, 1.807) is 6.07 Å². The Kier molecular flexibility index (Phi) is 4.43. The molecule has 0 spiro atoms. The molecule has 1 nitrogen and oxygen atoms in total. The summed E-state index contributed by atoms with van der Waals surface area (Å²) >= 11 is 5.59. The van der Waals surface area contributed by atoms with Crippen molar-refractivity contribution in [2.24, 2.45) is 5.92 Å². The lowest BCUT2D eigenvalue weighted by atomic mass is 10.1. The lowest BCUT2D eigenvalue weighted by Gasteiger charge is -2.08. The van der Waals surface area contributed by atoms with Crippen LogP contribution in [0.25, 0.3) is 6.08 Å². The summed E-state index contributed by atoms with van der Waals surface area (Å²) in [5.41, 5.74) is 0.788. The summed E-state index contributed by atoms with van der Waals surface area (Å²) in [7, 11) is 0. The minimum atomic E-state index is -0.241. The minimum absolute atomic E-state index is 0.241. The first-order valence-corrected chi connectivity index (χ1v) is 6.48. The quantitative estimate of drug-likeness (QED) is 0.690. The summed E-state index contributed by atoms with van der Waals surface area (Å²) < 4.78 is 18.8. The third-order valence-electron chi connectivity index (χ3n) is 2.72. The van der Waals surface area contributed by atoms with Gasteiger partial charge in [-0.05, 0) is 43.4 Å². The maximum atomic E-state index is 13.2. The van der Waals surface area contributed by atoms with Crippen LogP contribution in [0.3, 0.4) is 0 Å². The van der Waals surface area contributed by atoms with Gasteiger partial charge in [0, 0.05) is 11.4 Å². The SMILES string of the molecule is Fc1ccc(OCC2CC2)c(C=CCCCl)c1. The molecule has 1 aromatic carbocycles. The number of ether oxygens (including phenoxy) is 1. The summed E-state index contributed by atoms with van der Waals surface area (Å²) in [5.74, 6) is 1.78. The summed E-state index contributed by atoms with van der Waals surface area (Å²) in [6.07, 6.45) is 7.08.